The average Bonchev–Trinajstić information content (AvgIpc) is 3.10. The summed E-state index contributed by atoms with van der Waals surface area (Å²) in [5.74, 6) is 1.12. The van der Waals surface area contributed by atoms with E-state index in [1.807, 2.05) is 0 Å². The molecule has 0 saturated heterocycles. The number of benzene rings is 1. The van der Waals surface area contributed by atoms with Crippen LogP contribution in [0.5, 0.6) is 0 Å². The lowest BCUT2D eigenvalue weighted by molar-refractivity contribution is -0.0831. The van der Waals surface area contributed by atoms with Crippen LogP contribution in [-0.4, -0.2) is 31.7 Å². The molecule has 1 aromatic carbocycles. The van der Waals surface area contributed by atoms with Crippen molar-refractivity contribution in [3.8, 4) is 0 Å². The van der Waals surface area contributed by atoms with Gasteiger partial charge in [0.05, 0.1) is 5.60 Å². The van der Waals surface area contributed by atoms with Gasteiger partial charge in [0, 0.05) is 24.6 Å². The maximum Gasteiger partial charge on any atom is 0.192 e. The molecule has 37 heavy (non-hydrogen) atoms. The lowest BCUT2D eigenvalue weighted by Crippen LogP contribution is -2.55. The fourth-order valence-electron chi connectivity index (χ4n) is 8.07. The van der Waals surface area contributed by atoms with Crippen molar-refractivity contribution in [2.24, 2.45) is 22.7 Å². The van der Waals surface area contributed by atoms with Crippen LogP contribution < -0.4 is 5.32 Å². The van der Waals surface area contributed by atoms with Gasteiger partial charge in [-0.25, -0.2) is 0 Å². The van der Waals surface area contributed by atoms with E-state index in [0.29, 0.717) is 24.5 Å². The Bertz CT molecular complexity index is 1060. The zero-order valence-corrected chi connectivity index (χ0v) is 25.5. The number of aliphatic hydroxyl groups is 1. The predicted octanol–water partition coefficient (Wildman–Crippen LogP) is 7.78. The van der Waals surface area contributed by atoms with Gasteiger partial charge in [0.25, 0.3) is 0 Å². The second-order valence-corrected chi connectivity index (χ2v) is 19.5. The summed E-state index contributed by atoms with van der Waals surface area (Å²) in [6, 6.07) is 10.6. The van der Waals surface area contributed by atoms with Crippen molar-refractivity contribution in [1.29, 1.82) is 0 Å². The zero-order chi connectivity index (χ0) is 26.7. The van der Waals surface area contributed by atoms with Crippen LogP contribution in [0.4, 0.5) is 0 Å². The summed E-state index contributed by atoms with van der Waals surface area (Å²) in [5.41, 5.74) is 4.11. The van der Waals surface area contributed by atoms with Crippen molar-refractivity contribution in [3.05, 3.63) is 59.2 Å². The van der Waals surface area contributed by atoms with Gasteiger partial charge in [0.2, 0.25) is 0 Å². The molecular weight excluding hydrogens is 470 g/mol. The van der Waals surface area contributed by atoms with Crippen LogP contribution in [0.2, 0.25) is 18.1 Å². The van der Waals surface area contributed by atoms with E-state index >= 15 is 0 Å². The maximum absolute atomic E-state index is 12.0. The Hall–Kier alpha value is -1.20. The van der Waals surface area contributed by atoms with E-state index in [4.69, 9.17) is 4.43 Å². The lowest BCUT2D eigenvalue weighted by Gasteiger charge is -2.56. The Labute approximate surface area is 227 Å². The first-order chi connectivity index (χ1) is 17.3. The molecule has 0 aliphatic heterocycles. The highest BCUT2D eigenvalue weighted by Crippen LogP contribution is 2.66. The van der Waals surface area contributed by atoms with Crippen molar-refractivity contribution in [2.45, 2.75) is 116 Å². The summed E-state index contributed by atoms with van der Waals surface area (Å²) >= 11 is 0. The van der Waals surface area contributed by atoms with Crippen LogP contribution >= 0.6 is 0 Å². The Balaban J connectivity index is 1.31. The molecule has 204 valence electrons. The Morgan fingerprint density at radius 1 is 0.973 bits per heavy atom. The van der Waals surface area contributed by atoms with Crippen LogP contribution in [-0.2, 0) is 11.0 Å². The van der Waals surface area contributed by atoms with E-state index in [9.17, 15) is 5.11 Å². The van der Waals surface area contributed by atoms with Gasteiger partial charge in [0.1, 0.15) is 0 Å². The van der Waals surface area contributed by atoms with E-state index in [0.717, 1.165) is 32.2 Å². The predicted molar refractivity (Wildman–Crippen MR) is 157 cm³/mol. The molecule has 3 fully saturated rings. The number of fused-ring (bicyclic) bond motifs is 5. The lowest BCUT2D eigenvalue weighted by atomic mass is 9.50. The zero-order valence-electron chi connectivity index (χ0n) is 24.5. The van der Waals surface area contributed by atoms with Crippen LogP contribution in [0.25, 0.3) is 0 Å². The van der Waals surface area contributed by atoms with E-state index in [1.165, 1.54) is 24.8 Å². The van der Waals surface area contributed by atoms with E-state index in [1.54, 1.807) is 11.1 Å². The third kappa shape index (κ3) is 4.64. The summed E-state index contributed by atoms with van der Waals surface area (Å²) in [6.07, 6.45) is 13.2. The molecular formula is C33H51NO2Si. The molecule has 1 aromatic rings. The SMILES string of the molecule is CC(C)(C)[Si](C)(C)OC1CC[C@@]2(C)C(=CC=C3C2CC[C@@]2(C)C3CC[C@@]2(O)CNCc2ccccc2)C1. The standard InChI is InChI=1S/C33H51NO2Si/c1-30(2,3)37(6,7)36-26-15-18-31(4)25(21-26)13-14-27-28(31)16-19-32(5)29(27)17-20-33(32,35)23-34-22-24-11-9-8-10-12-24/h8-14,26,28-29,34-35H,15-23H2,1-7H3/t26?,28?,29?,31-,32-,33+/m0/s1. The fourth-order valence-corrected chi connectivity index (χ4v) is 9.46. The second kappa shape index (κ2) is 9.47. The van der Waals surface area contributed by atoms with Gasteiger partial charge in [-0.3, -0.25) is 0 Å². The minimum absolute atomic E-state index is 0.0522. The smallest absolute Gasteiger partial charge is 0.192 e. The Kier molecular flexibility index (Phi) is 7.00. The van der Waals surface area contributed by atoms with Crippen LogP contribution in [0.1, 0.15) is 85.1 Å². The van der Waals surface area contributed by atoms with E-state index < -0.39 is 13.9 Å². The highest BCUT2D eigenvalue weighted by Gasteiger charge is 2.61. The monoisotopic (exact) mass is 521 g/mol. The van der Waals surface area contributed by atoms with Gasteiger partial charge in [-0.1, -0.05) is 88.2 Å². The molecule has 3 saturated carbocycles. The largest absolute Gasteiger partial charge is 0.414 e. The van der Waals surface area contributed by atoms with Crippen molar-refractivity contribution >= 4 is 8.32 Å². The highest BCUT2D eigenvalue weighted by molar-refractivity contribution is 6.74. The summed E-state index contributed by atoms with van der Waals surface area (Å²) in [4.78, 5) is 0. The number of hydrogen-bond acceptors (Lipinski definition) is 3. The first-order valence-electron chi connectivity index (χ1n) is 14.9. The first kappa shape index (κ1) is 27.4. The van der Waals surface area contributed by atoms with Crippen LogP contribution in [0, 0.1) is 22.7 Å². The molecule has 0 radical (unpaired) electrons. The molecule has 0 spiro atoms. The van der Waals surface area contributed by atoms with Gasteiger partial charge in [0.15, 0.2) is 8.32 Å². The molecule has 0 amide bonds. The maximum atomic E-state index is 12.0. The number of nitrogens with one attached hydrogen (secondary N) is 1. The number of rotatable bonds is 6. The van der Waals surface area contributed by atoms with Gasteiger partial charge >= 0.3 is 0 Å². The molecule has 4 aliphatic carbocycles. The normalized spacial score (nSPS) is 37.8. The van der Waals surface area contributed by atoms with Gasteiger partial charge in [-0.15, -0.1) is 0 Å². The van der Waals surface area contributed by atoms with Crippen molar-refractivity contribution < 1.29 is 9.53 Å². The summed E-state index contributed by atoms with van der Waals surface area (Å²) in [5, 5.41) is 15.9. The minimum Gasteiger partial charge on any atom is -0.414 e. The molecule has 4 heteroatoms. The summed E-state index contributed by atoms with van der Waals surface area (Å²) in [6.45, 7) is 18.3. The average molecular weight is 522 g/mol. The molecule has 0 heterocycles. The van der Waals surface area contributed by atoms with Gasteiger partial charge < -0.3 is 14.8 Å². The van der Waals surface area contributed by atoms with E-state index in [-0.39, 0.29) is 15.9 Å². The van der Waals surface area contributed by atoms with Crippen LogP contribution in [0.3, 0.4) is 0 Å². The molecule has 2 N–H and O–H groups in total. The van der Waals surface area contributed by atoms with Crippen molar-refractivity contribution in [1.82, 2.24) is 5.32 Å². The third-order valence-electron chi connectivity index (χ3n) is 11.7. The van der Waals surface area contributed by atoms with Crippen molar-refractivity contribution in [2.75, 3.05) is 6.54 Å². The molecule has 3 nitrogen and oxygen atoms in total. The molecule has 0 aromatic heterocycles. The van der Waals surface area contributed by atoms with E-state index in [2.05, 4.69) is 95.5 Å². The molecule has 5 rings (SSSR count). The summed E-state index contributed by atoms with van der Waals surface area (Å²) < 4.78 is 6.89. The number of allylic oxidation sites excluding steroid dienone is 3. The number of hydrogen-bond donors (Lipinski definition) is 2. The van der Waals surface area contributed by atoms with Gasteiger partial charge in [-0.2, -0.15) is 0 Å². The van der Waals surface area contributed by atoms with Crippen LogP contribution in [0.15, 0.2) is 53.6 Å². The Morgan fingerprint density at radius 2 is 1.68 bits per heavy atom. The topological polar surface area (TPSA) is 41.5 Å². The summed E-state index contributed by atoms with van der Waals surface area (Å²) in [7, 11) is -1.76. The second-order valence-electron chi connectivity index (χ2n) is 14.7. The fraction of sp³-hybridized carbons (Fsp3) is 0.697. The quantitative estimate of drug-likeness (QED) is 0.376. The highest BCUT2D eigenvalue weighted by atomic mass is 28.4. The first-order valence-corrected chi connectivity index (χ1v) is 17.8. The molecule has 4 aliphatic rings. The minimum atomic E-state index is -1.76. The van der Waals surface area contributed by atoms with Crippen molar-refractivity contribution in [3.63, 3.8) is 0 Å². The molecule has 3 unspecified atom stereocenters. The Morgan fingerprint density at radius 3 is 2.38 bits per heavy atom. The van der Waals surface area contributed by atoms with Gasteiger partial charge in [-0.05, 0) is 85.9 Å². The molecule has 6 atom stereocenters. The molecule has 0 bridgehead atoms. The third-order valence-corrected chi connectivity index (χ3v) is 16.2.